The first-order valence-corrected chi connectivity index (χ1v) is 9.94. The van der Waals surface area contributed by atoms with E-state index in [1.807, 2.05) is 50.3 Å². The van der Waals surface area contributed by atoms with Crippen molar-refractivity contribution in [3.05, 3.63) is 61.7 Å². The van der Waals surface area contributed by atoms with Crippen molar-refractivity contribution < 1.29 is 4.79 Å². The van der Waals surface area contributed by atoms with Crippen molar-refractivity contribution in [2.24, 2.45) is 10.9 Å². The highest BCUT2D eigenvalue weighted by Gasteiger charge is 2.19. The summed E-state index contributed by atoms with van der Waals surface area (Å²) in [6, 6.07) is 12.1. The van der Waals surface area contributed by atoms with Crippen LogP contribution in [-0.2, 0) is 4.79 Å². The molecule has 2 aromatic carbocycles. The van der Waals surface area contributed by atoms with Gasteiger partial charge in [-0.3, -0.25) is 4.79 Å². The topological polar surface area (TPSA) is 53.5 Å². The van der Waals surface area contributed by atoms with Crippen LogP contribution >= 0.6 is 34.8 Å². The van der Waals surface area contributed by atoms with Crippen LogP contribution in [0.2, 0.25) is 0 Å². The van der Waals surface area contributed by atoms with Gasteiger partial charge in [0, 0.05) is 15.8 Å². The summed E-state index contributed by atoms with van der Waals surface area (Å²) in [5.41, 5.74) is 3.17. The number of hydrogen-bond donors (Lipinski definition) is 2. The van der Waals surface area contributed by atoms with Gasteiger partial charge in [-0.15, -0.1) is 0 Å². The molecular weight excluding hydrogens is 457 g/mol. The van der Waals surface area contributed by atoms with Crippen molar-refractivity contribution >= 4 is 57.6 Å². The standard InChI is InChI=1S/C20H20IN3OS/c1-12-3-4-14-11-15(19(25)24-18(14)13(12)2)9-10-22-20(26)23-17-7-5-16(21)6-8-17/h3-8,11,15H,9-10H2,1-2H3,(H2,22,23,26). The van der Waals surface area contributed by atoms with Crippen molar-refractivity contribution in [3.63, 3.8) is 0 Å². The van der Waals surface area contributed by atoms with E-state index >= 15 is 0 Å². The zero-order valence-electron chi connectivity index (χ0n) is 14.7. The second-order valence-corrected chi connectivity index (χ2v) is 8.00. The molecule has 0 radical (unpaired) electrons. The molecule has 0 aliphatic carbocycles. The van der Waals surface area contributed by atoms with Crippen molar-refractivity contribution in [1.29, 1.82) is 0 Å². The van der Waals surface area contributed by atoms with Crippen LogP contribution in [-0.4, -0.2) is 17.6 Å². The van der Waals surface area contributed by atoms with Crippen LogP contribution in [0.4, 0.5) is 5.69 Å². The molecule has 1 aliphatic rings. The van der Waals surface area contributed by atoms with E-state index in [1.54, 1.807) is 0 Å². The first-order valence-electron chi connectivity index (χ1n) is 8.45. The second-order valence-electron chi connectivity index (χ2n) is 6.34. The van der Waals surface area contributed by atoms with Gasteiger partial charge in [0.1, 0.15) is 0 Å². The Labute approximate surface area is 171 Å². The zero-order chi connectivity index (χ0) is 18.7. The molecule has 0 saturated heterocycles. The van der Waals surface area contributed by atoms with E-state index in [1.165, 1.54) is 3.57 Å². The maximum Gasteiger partial charge on any atom is 0.253 e. The number of hydrogen-bond acceptors (Lipinski definition) is 2. The molecule has 4 nitrogen and oxygen atoms in total. The fourth-order valence-corrected chi connectivity index (χ4v) is 3.42. The molecule has 1 amide bonds. The molecule has 1 heterocycles. The number of benzene rings is 2. The maximum atomic E-state index is 12.3. The first-order chi connectivity index (χ1) is 12.4. The number of carbonyl (C=O) groups excluding carboxylic acids is 1. The van der Waals surface area contributed by atoms with E-state index in [9.17, 15) is 4.79 Å². The van der Waals surface area contributed by atoms with Gasteiger partial charge < -0.3 is 10.6 Å². The van der Waals surface area contributed by atoms with Gasteiger partial charge in [-0.25, -0.2) is 4.99 Å². The summed E-state index contributed by atoms with van der Waals surface area (Å²) in [6.07, 6.45) is 2.68. The lowest BCUT2D eigenvalue weighted by Crippen LogP contribution is -2.37. The van der Waals surface area contributed by atoms with Gasteiger partial charge >= 0.3 is 0 Å². The summed E-state index contributed by atoms with van der Waals surface area (Å²) in [6.45, 7) is 4.65. The minimum atomic E-state index is -0.210. The zero-order valence-corrected chi connectivity index (χ0v) is 17.6. The minimum Gasteiger partial charge on any atom is -0.362 e. The number of amides is 1. The Morgan fingerprint density at radius 2 is 1.92 bits per heavy atom. The number of rotatable bonds is 4. The van der Waals surface area contributed by atoms with Crippen molar-refractivity contribution in [2.45, 2.75) is 20.3 Å². The van der Waals surface area contributed by atoms with Crippen LogP contribution < -0.4 is 21.2 Å². The summed E-state index contributed by atoms with van der Waals surface area (Å²) in [5, 5.41) is 8.72. The third kappa shape index (κ3) is 4.48. The summed E-state index contributed by atoms with van der Waals surface area (Å²) in [4.78, 5) is 16.7. The van der Waals surface area contributed by atoms with E-state index in [4.69, 9.17) is 12.2 Å². The Morgan fingerprint density at radius 1 is 1.19 bits per heavy atom. The normalized spacial score (nSPS) is 15.5. The molecule has 0 saturated carbocycles. The van der Waals surface area contributed by atoms with E-state index in [0.717, 1.165) is 27.4 Å². The molecule has 0 fully saturated rings. The lowest BCUT2D eigenvalue weighted by molar-refractivity contribution is -0.120. The smallest absolute Gasteiger partial charge is 0.253 e. The van der Waals surface area contributed by atoms with Crippen LogP contribution in [0.1, 0.15) is 17.5 Å². The quantitative estimate of drug-likeness (QED) is 0.526. The number of anilines is 1. The molecule has 1 aliphatic heterocycles. The third-order valence-corrected chi connectivity index (χ3v) is 5.46. The summed E-state index contributed by atoms with van der Waals surface area (Å²) in [7, 11) is 0. The van der Waals surface area contributed by atoms with Crippen LogP contribution in [0.25, 0.3) is 6.08 Å². The molecule has 3 rings (SSSR count). The van der Waals surface area contributed by atoms with Crippen LogP contribution in [0.3, 0.4) is 0 Å². The van der Waals surface area contributed by atoms with Gasteiger partial charge in [0.25, 0.3) is 5.91 Å². The maximum absolute atomic E-state index is 12.3. The molecule has 0 aromatic heterocycles. The van der Waals surface area contributed by atoms with E-state index in [0.29, 0.717) is 18.1 Å². The lowest BCUT2D eigenvalue weighted by Gasteiger charge is -2.15. The van der Waals surface area contributed by atoms with Gasteiger partial charge in [-0.05, 0) is 95.7 Å². The second kappa shape index (κ2) is 8.26. The number of nitrogens with zero attached hydrogens (tertiary/aromatic N) is 1. The Morgan fingerprint density at radius 3 is 2.65 bits per heavy atom. The van der Waals surface area contributed by atoms with Crippen molar-refractivity contribution in [3.8, 4) is 0 Å². The molecule has 1 atom stereocenters. The number of fused-ring (bicyclic) bond motifs is 1. The molecular formula is C20H20IN3OS. The highest BCUT2D eigenvalue weighted by molar-refractivity contribution is 14.1. The molecule has 2 aromatic rings. The Kier molecular flexibility index (Phi) is 6.03. The average molecular weight is 477 g/mol. The van der Waals surface area contributed by atoms with Crippen molar-refractivity contribution in [2.75, 3.05) is 11.9 Å². The van der Waals surface area contributed by atoms with Gasteiger partial charge in [0.15, 0.2) is 5.11 Å². The van der Waals surface area contributed by atoms with Crippen LogP contribution in [0.15, 0.2) is 41.4 Å². The molecule has 0 bridgehead atoms. The monoisotopic (exact) mass is 477 g/mol. The number of carbonyl (C=O) groups is 1. The first kappa shape index (κ1) is 19.0. The van der Waals surface area contributed by atoms with Gasteiger partial charge in [0.05, 0.1) is 11.3 Å². The van der Waals surface area contributed by atoms with Gasteiger partial charge in [0.2, 0.25) is 0 Å². The lowest BCUT2D eigenvalue weighted by atomic mass is 9.98. The highest BCUT2D eigenvalue weighted by Crippen LogP contribution is 2.12. The Hall–Kier alpha value is -1.80. The summed E-state index contributed by atoms with van der Waals surface area (Å²) in [5.74, 6) is -0.289. The number of aryl methyl sites for hydroxylation is 1. The molecule has 134 valence electrons. The molecule has 26 heavy (non-hydrogen) atoms. The average Bonchev–Trinajstić information content (AvgIpc) is 2.61. The van der Waals surface area contributed by atoms with E-state index < -0.39 is 0 Å². The molecule has 6 heteroatoms. The molecule has 2 N–H and O–H groups in total. The van der Waals surface area contributed by atoms with E-state index in [-0.39, 0.29) is 11.8 Å². The number of thiocarbonyl (C=S) groups is 1. The fourth-order valence-electron chi connectivity index (χ4n) is 2.84. The Balaban J connectivity index is 1.59. The SMILES string of the molecule is Cc1ccc2c(c1C)=NC(=O)C(CCNC(=S)Nc1ccc(I)cc1)C=2. The van der Waals surface area contributed by atoms with Gasteiger partial charge in [-0.1, -0.05) is 18.2 Å². The fraction of sp³-hybridized carbons (Fsp3) is 0.250. The summed E-state index contributed by atoms with van der Waals surface area (Å²) < 4.78 is 1.17. The molecule has 1 unspecified atom stereocenters. The largest absolute Gasteiger partial charge is 0.362 e. The highest BCUT2D eigenvalue weighted by atomic mass is 127. The van der Waals surface area contributed by atoms with Crippen LogP contribution in [0, 0.1) is 23.3 Å². The summed E-state index contributed by atoms with van der Waals surface area (Å²) >= 11 is 7.58. The Bertz CT molecular complexity index is 970. The van der Waals surface area contributed by atoms with E-state index in [2.05, 4.69) is 44.3 Å². The van der Waals surface area contributed by atoms with Crippen LogP contribution in [0.5, 0.6) is 0 Å². The molecule has 0 spiro atoms. The minimum absolute atomic E-state index is 0.0792. The number of halogens is 1. The number of nitrogens with one attached hydrogen (secondary N) is 2. The predicted octanol–water partition coefficient (Wildman–Crippen LogP) is 2.84. The van der Waals surface area contributed by atoms with Gasteiger partial charge in [-0.2, -0.15) is 0 Å². The van der Waals surface area contributed by atoms with Crippen molar-refractivity contribution in [1.82, 2.24) is 5.32 Å². The predicted molar refractivity (Wildman–Crippen MR) is 118 cm³/mol. The third-order valence-electron chi connectivity index (χ3n) is 4.50.